The van der Waals surface area contributed by atoms with Crippen LogP contribution in [0, 0.1) is 0 Å². The second-order valence-electron chi connectivity index (χ2n) is 5.21. The molecule has 2 heterocycles. The van der Waals surface area contributed by atoms with Gasteiger partial charge >= 0.3 is 5.97 Å². The van der Waals surface area contributed by atoms with E-state index in [9.17, 15) is 19.5 Å². The summed E-state index contributed by atoms with van der Waals surface area (Å²) in [7, 11) is 0. The fraction of sp³-hybridized carbons (Fsp3) is 0.267. The third kappa shape index (κ3) is 1.53. The smallest absolute Gasteiger partial charge is 0.309 e. The molecule has 2 atom stereocenters. The molecule has 2 aliphatic heterocycles. The summed E-state index contributed by atoms with van der Waals surface area (Å²) in [4.78, 5) is 36.5. The Morgan fingerprint density at radius 2 is 1.95 bits per heavy atom. The van der Waals surface area contributed by atoms with Gasteiger partial charge in [0, 0.05) is 11.1 Å². The molecule has 0 bridgehead atoms. The summed E-state index contributed by atoms with van der Waals surface area (Å²) in [5, 5.41) is 9.84. The highest BCUT2D eigenvalue weighted by atomic mass is 16.6. The number of Topliss-reactive ketones (excluding diaryl/α,β-unsaturated/α-hetero) is 2. The van der Waals surface area contributed by atoms with Gasteiger partial charge in [-0.1, -0.05) is 12.1 Å². The first-order valence-corrected chi connectivity index (χ1v) is 6.53. The number of ether oxygens (including phenoxy) is 2. The highest BCUT2D eigenvalue weighted by molar-refractivity contribution is 6.28. The third-order valence-corrected chi connectivity index (χ3v) is 4.05. The first-order valence-electron chi connectivity index (χ1n) is 6.53. The number of carbonyl (C=O) groups excluding carboxylic acids is 3. The topological polar surface area (TPSA) is 89.9 Å². The molecule has 3 aliphatic rings. The number of rotatable bonds is 0. The number of fused-ring (bicyclic) bond motifs is 3. The first kappa shape index (κ1) is 12.3. The zero-order chi connectivity index (χ0) is 14.7. The van der Waals surface area contributed by atoms with Crippen LogP contribution in [0.1, 0.15) is 27.1 Å². The summed E-state index contributed by atoms with van der Waals surface area (Å²) in [5.41, 5.74) is 0.500. The van der Waals surface area contributed by atoms with Gasteiger partial charge in [0.15, 0.2) is 17.7 Å². The van der Waals surface area contributed by atoms with Crippen LogP contribution < -0.4 is 0 Å². The quantitative estimate of drug-likeness (QED) is 0.709. The van der Waals surface area contributed by atoms with Gasteiger partial charge in [-0.3, -0.25) is 14.4 Å². The van der Waals surface area contributed by atoms with Crippen molar-refractivity contribution >= 4 is 17.5 Å². The minimum atomic E-state index is -0.826. The number of esters is 1. The Labute approximate surface area is 119 Å². The maximum Gasteiger partial charge on any atom is 0.309 e. The van der Waals surface area contributed by atoms with E-state index >= 15 is 0 Å². The lowest BCUT2D eigenvalue weighted by molar-refractivity contribution is -0.140. The second-order valence-corrected chi connectivity index (χ2v) is 5.21. The Hall–Kier alpha value is -2.47. The number of ketones is 2. The summed E-state index contributed by atoms with van der Waals surface area (Å²) in [6.07, 6.45) is -1.27. The molecule has 1 fully saturated rings. The van der Waals surface area contributed by atoms with Crippen LogP contribution in [-0.4, -0.2) is 41.5 Å². The van der Waals surface area contributed by atoms with E-state index in [1.54, 1.807) is 0 Å². The molecule has 106 valence electrons. The summed E-state index contributed by atoms with van der Waals surface area (Å²) >= 11 is 0. The zero-order valence-electron chi connectivity index (χ0n) is 10.8. The molecule has 0 aromatic heterocycles. The van der Waals surface area contributed by atoms with Crippen LogP contribution >= 0.6 is 0 Å². The third-order valence-electron chi connectivity index (χ3n) is 4.05. The van der Waals surface area contributed by atoms with Crippen LogP contribution in [0.4, 0.5) is 0 Å². The molecule has 0 amide bonds. The predicted molar refractivity (Wildman–Crippen MR) is 68.0 cm³/mol. The van der Waals surface area contributed by atoms with Crippen LogP contribution in [0.5, 0.6) is 5.75 Å². The SMILES string of the molecule is O=C1C[C@H]2OCC3=C(C(=O)c4cccc(O)c4C3=O)[C@H]2O1. The lowest BCUT2D eigenvalue weighted by Gasteiger charge is -2.31. The number of aromatic hydroxyl groups is 1. The number of phenolic OH excluding ortho intramolecular Hbond substituents is 1. The van der Waals surface area contributed by atoms with Crippen molar-refractivity contribution in [3.63, 3.8) is 0 Å². The Bertz CT molecular complexity index is 745. The van der Waals surface area contributed by atoms with E-state index in [2.05, 4.69) is 0 Å². The molecule has 1 N–H and O–H groups in total. The van der Waals surface area contributed by atoms with Crippen molar-refractivity contribution in [3.8, 4) is 5.75 Å². The van der Waals surface area contributed by atoms with Gasteiger partial charge < -0.3 is 14.6 Å². The normalized spacial score (nSPS) is 27.1. The van der Waals surface area contributed by atoms with Crippen molar-refractivity contribution in [2.45, 2.75) is 18.6 Å². The van der Waals surface area contributed by atoms with Crippen molar-refractivity contribution in [2.75, 3.05) is 6.61 Å². The summed E-state index contributed by atoms with van der Waals surface area (Å²) in [6, 6.07) is 4.35. The van der Waals surface area contributed by atoms with E-state index in [0.717, 1.165) is 0 Å². The van der Waals surface area contributed by atoms with Gasteiger partial charge in [-0.05, 0) is 6.07 Å². The molecular formula is C15H10O6. The minimum absolute atomic E-state index is 0.00683. The van der Waals surface area contributed by atoms with Crippen molar-refractivity contribution in [2.24, 2.45) is 0 Å². The van der Waals surface area contributed by atoms with Crippen molar-refractivity contribution in [1.82, 2.24) is 0 Å². The monoisotopic (exact) mass is 286 g/mol. The number of benzene rings is 1. The van der Waals surface area contributed by atoms with Crippen molar-refractivity contribution in [1.29, 1.82) is 0 Å². The molecule has 1 aromatic carbocycles. The van der Waals surface area contributed by atoms with E-state index in [1.165, 1.54) is 18.2 Å². The molecule has 0 unspecified atom stereocenters. The van der Waals surface area contributed by atoms with Gasteiger partial charge in [0.05, 0.1) is 24.2 Å². The van der Waals surface area contributed by atoms with E-state index < -0.39 is 24.0 Å². The van der Waals surface area contributed by atoms with Crippen LogP contribution in [0.25, 0.3) is 0 Å². The fourth-order valence-electron chi connectivity index (χ4n) is 3.09. The van der Waals surface area contributed by atoms with Crippen LogP contribution in [0.15, 0.2) is 29.3 Å². The molecule has 6 nitrogen and oxygen atoms in total. The zero-order valence-corrected chi connectivity index (χ0v) is 10.8. The minimum Gasteiger partial charge on any atom is -0.507 e. The fourth-order valence-corrected chi connectivity index (χ4v) is 3.09. The van der Waals surface area contributed by atoms with Gasteiger partial charge in [0.25, 0.3) is 0 Å². The van der Waals surface area contributed by atoms with Crippen LogP contribution in [0.2, 0.25) is 0 Å². The Balaban J connectivity index is 1.91. The van der Waals surface area contributed by atoms with Crippen molar-refractivity contribution < 1.29 is 29.0 Å². The Morgan fingerprint density at radius 1 is 1.14 bits per heavy atom. The van der Waals surface area contributed by atoms with Gasteiger partial charge in [-0.2, -0.15) is 0 Å². The largest absolute Gasteiger partial charge is 0.507 e. The van der Waals surface area contributed by atoms with E-state index in [-0.39, 0.29) is 46.8 Å². The number of hydrogen-bond acceptors (Lipinski definition) is 6. The molecule has 1 aromatic rings. The molecule has 4 rings (SSSR count). The molecule has 1 saturated heterocycles. The maximum atomic E-state index is 12.6. The van der Waals surface area contributed by atoms with Gasteiger partial charge in [0.2, 0.25) is 0 Å². The number of hydrogen-bond donors (Lipinski definition) is 1. The molecule has 21 heavy (non-hydrogen) atoms. The lowest BCUT2D eigenvalue weighted by atomic mass is 9.79. The summed E-state index contributed by atoms with van der Waals surface area (Å²) in [5.74, 6) is -1.51. The van der Waals surface area contributed by atoms with Crippen LogP contribution in [0.3, 0.4) is 0 Å². The lowest BCUT2D eigenvalue weighted by Crippen LogP contribution is -2.41. The average molecular weight is 286 g/mol. The average Bonchev–Trinajstić information content (AvgIpc) is 2.84. The summed E-state index contributed by atoms with van der Waals surface area (Å²) in [6.45, 7) is -0.0501. The Morgan fingerprint density at radius 3 is 2.76 bits per heavy atom. The van der Waals surface area contributed by atoms with Gasteiger partial charge in [-0.25, -0.2) is 0 Å². The summed E-state index contributed by atoms with van der Waals surface area (Å²) < 4.78 is 10.6. The first-order chi connectivity index (χ1) is 10.1. The second kappa shape index (κ2) is 4.02. The van der Waals surface area contributed by atoms with Gasteiger partial charge in [-0.15, -0.1) is 0 Å². The Kier molecular flexibility index (Phi) is 2.35. The van der Waals surface area contributed by atoms with Crippen LogP contribution in [-0.2, 0) is 14.3 Å². The van der Waals surface area contributed by atoms with Crippen molar-refractivity contribution in [3.05, 3.63) is 40.5 Å². The van der Waals surface area contributed by atoms with E-state index in [4.69, 9.17) is 9.47 Å². The number of carbonyl (C=O) groups is 3. The standard InChI is InChI=1S/C15H10O6/c16-8-3-1-2-6-11(8)14(19)7-5-20-9-4-10(17)21-15(9)12(7)13(6)18/h1-3,9,15-16H,4-5H2/t9-,15+/m1/s1. The molecule has 6 heteroatoms. The molecule has 0 spiro atoms. The van der Waals surface area contributed by atoms with E-state index in [0.29, 0.717) is 0 Å². The molecule has 0 radical (unpaired) electrons. The molecular weight excluding hydrogens is 276 g/mol. The highest BCUT2D eigenvalue weighted by Gasteiger charge is 2.49. The van der Waals surface area contributed by atoms with Gasteiger partial charge in [0.1, 0.15) is 11.9 Å². The highest BCUT2D eigenvalue weighted by Crippen LogP contribution is 2.39. The van der Waals surface area contributed by atoms with E-state index in [1.807, 2.05) is 0 Å². The molecule has 1 aliphatic carbocycles. The predicted octanol–water partition coefficient (Wildman–Crippen LogP) is 0.782. The number of phenols is 1. The maximum absolute atomic E-state index is 12.6. The molecule has 0 saturated carbocycles.